The molecule has 1 aromatic rings. The molecule has 0 amide bonds. The smallest absolute Gasteiger partial charge is 0.370 e. The molecular formula is C9H10O5S. The predicted molar refractivity (Wildman–Crippen MR) is 51.6 cm³/mol. The molecule has 0 aromatic heterocycles. The minimum atomic E-state index is -4.46. The van der Waals surface area contributed by atoms with Crippen molar-refractivity contribution >= 4 is 10.4 Å². The lowest BCUT2D eigenvalue weighted by Gasteiger charge is -2.12. The Morgan fingerprint density at radius 2 is 2.00 bits per heavy atom. The lowest BCUT2D eigenvalue weighted by atomic mass is 10.1. The van der Waals surface area contributed by atoms with E-state index in [0.29, 0.717) is 12.2 Å². The van der Waals surface area contributed by atoms with E-state index >= 15 is 0 Å². The van der Waals surface area contributed by atoms with Crippen LogP contribution in [0.15, 0.2) is 30.3 Å². The van der Waals surface area contributed by atoms with E-state index in [2.05, 4.69) is 4.18 Å². The molecule has 1 heterocycles. The quantitative estimate of drug-likeness (QED) is 0.615. The van der Waals surface area contributed by atoms with E-state index in [1.165, 1.54) is 0 Å². The van der Waals surface area contributed by atoms with Gasteiger partial charge in [0, 0.05) is 0 Å². The van der Waals surface area contributed by atoms with Gasteiger partial charge in [0.1, 0.15) is 12.2 Å². The molecule has 5 nitrogen and oxygen atoms in total. The summed E-state index contributed by atoms with van der Waals surface area (Å²) in [6.07, 6.45) is -1.06. The van der Waals surface area contributed by atoms with Gasteiger partial charge in [-0.1, -0.05) is 30.3 Å². The molecule has 6 heteroatoms. The van der Waals surface area contributed by atoms with Crippen LogP contribution in [0.25, 0.3) is 0 Å². The molecule has 1 N–H and O–H groups in total. The van der Waals surface area contributed by atoms with E-state index in [1.54, 1.807) is 24.3 Å². The molecule has 2 atom stereocenters. The summed E-state index contributed by atoms with van der Waals surface area (Å²) < 4.78 is 39.4. The standard InChI is InChI=1S/C9H10O5S/c10-15(11,12)14-9(8-6-13-8)7-4-2-1-3-5-7/h1-5,8-9H,6H2,(H,10,11,12)/t8-,9+/m0/s1. The first-order chi connectivity index (χ1) is 7.06. The first kappa shape index (κ1) is 10.6. The normalized spacial score (nSPS) is 22.3. The van der Waals surface area contributed by atoms with Gasteiger partial charge in [-0.05, 0) is 5.56 Å². The molecule has 2 rings (SSSR count). The first-order valence-corrected chi connectivity index (χ1v) is 5.75. The Morgan fingerprint density at radius 3 is 2.47 bits per heavy atom. The fourth-order valence-corrected chi connectivity index (χ4v) is 1.83. The van der Waals surface area contributed by atoms with Crippen molar-refractivity contribution in [2.75, 3.05) is 6.61 Å². The van der Waals surface area contributed by atoms with E-state index in [0.717, 1.165) is 0 Å². The van der Waals surface area contributed by atoms with Crippen molar-refractivity contribution in [3.63, 3.8) is 0 Å². The van der Waals surface area contributed by atoms with Crippen molar-refractivity contribution in [3.8, 4) is 0 Å². The fourth-order valence-electron chi connectivity index (χ4n) is 1.34. The Kier molecular flexibility index (Phi) is 2.74. The topological polar surface area (TPSA) is 76.1 Å². The summed E-state index contributed by atoms with van der Waals surface area (Å²) in [6, 6.07) is 8.77. The number of benzene rings is 1. The van der Waals surface area contributed by atoms with Gasteiger partial charge in [-0.15, -0.1) is 0 Å². The Morgan fingerprint density at radius 1 is 1.40 bits per heavy atom. The molecular weight excluding hydrogens is 220 g/mol. The lowest BCUT2D eigenvalue weighted by Crippen LogP contribution is -2.15. The highest BCUT2D eigenvalue weighted by molar-refractivity contribution is 7.80. The SMILES string of the molecule is O=S(=O)(O)O[C@H](c1ccccc1)[C@@H]1CO1. The van der Waals surface area contributed by atoms with Gasteiger partial charge in [0.2, 0.25) is 0 Å². The van der Waals surface area contributed by atoms with Crippen LogP contribution in [0.4, 0.5) is 0 Å². The zero-order chi connectivity index (χ0) is 10.9. The van der Waals surface area contributed by atoms with E-state index in [9.17, 15) is 8.42 Å². The van der Waals surface area contributed by atoms with Crippen molar-refractivity contribution in [1.29, 1.82) is 0 Å². The number of epoxide rings is 1. The van der Waals surface area contributed by atoms with Crippen LogP contribution >= 0.6 is 0 Å². The second kappa shape index (κ2) is 3.90. The van der Waals surface area contributed by atoms with Gasteiger partial charge in [0.15, 0.2) is 0 Å². The molecule has 1 aliphatic rings. The van der Waals surface area contributed by atoms with Crippen molar-refractivity contribution in [1.82, 2.24) is 0 Å². The molecule has 0 bridgehead atoms. The Bertz CT molecular complexity index is 423. The third kappa shape index (κ3) is 3.00. The number of hydrogen-bond donors (Lipinski definition) is 1. The molecule has 15 heavy (non-hydrogen) atoms. The van der Waals surface area contributed by atoms with Crippen molar-refractivity contribution in [2.45, 2.75) is 12.2 Å². The summed E-state index contributed by atoms with van der Waals surface area (Å²) >= 11 is 0. The zero-order valence-corrected chi connectivity index (χ0v) is 8.55. The van der Waals surface area contributed by atoms with Gasteiger partial charge in [-0.25, -0.2) is 4.18 Å². The van der Waals surface area contributed by atoms with Crippen LogP contribution in [-0.2, 0) is 19.3 Å². The average molecular weight is 230 g/mol. The molecule has 82 valence electrons. The number of ether oxygens (including phenoxy) is 1. The maximum Gasteiger partial charge on any atom is 0.398 e. The molecule has 1 aromatic carbocycles. The van der Waals surface area contributed by atoms with Gasteiger partial charge in [-0.2, -0.15) is 8.42 Å². The van der Waals surface area contributed by atoms with Crippen LogP contribution in [0.1, 0.15) is 11.7 Å². The second-order valence-electron chi connectivity index (χ2n) is 3.23. The van der Waals surface area contributed by atoms with Gasteiger partial charge >= 0.3 is 10.4 Å². The third-order valence-electron chi connectivity index (χ3n) is 2.05. The Labute approximate surface area is 87.6 Å². The van der Waals surface area contributed by atoms with Crippen LogP contribution in [0.2, 0.25) is 0 Å². The fraction of sp³-hybridized carbons (Fsp3) is 0.333. The van der Waals surface area contributed by atoms with Crippen LogP contribution in [0.5, 0.6) is 0 Å². The number of hydrogen-bond acceptors (Lipinski definition) is 4. The molecule has 1 saturated heterocycles. The van der Waals surface area contributed by atoms with Crippen LogP contribution < -0.4 is 0 Å². The molecule has 0 aliphatic carbocycles. The van der Waals surface area contributed by atoms with E-state index in [4.69, 9.17) is 9.29 Å². The van der Waals surface area contributed by atoms with E-state index < -0.39 is 16.5 Å². The summed E-state index contributed by atoms with van der Waals surface area (Å²) in [5.74, 6) is 0. The minimum absolute atomic E-state index is 0.297. The summed E-state index contributed by atoms with van der Waals surface area (Å²) in [5, 5.41) is 0. The summed E-state index contributed by atoms with van der Waals surface area (Å²) in [5.41, 5.74) is 0.664. The highest BCUT2D eigenvalue weighted by Gasteiger charge is 2.37. The summed E-state index contributed by atoms with van der Waals surface area (Å²) in [7, 11) is -4.46. The molecule has 1 fully saturated rings. The zero-order valence-electron chi connectivity index (χ0n) is 7.74. The van der Waals surface area contributed by atoms with Crippen LogP contribution in [0, 0.1) is 0 Å². The highest BCUT2D eigenvalue weighted by atomic mass is 32.3. The molecule has 1 aliphatic heterocycles. The maximum absolute atomic E-state index is 10.6. The van der Waals surface area contributed by atoms with Crippen LogP contribution in [0.3, 0.4) is 0 Å². The maximum atomic E-state index is 10.6. The van der Waals surface area contributed by atoms with Gasteiger partial charge in [0.05, 0.1) is 6.61 Å². The molecule has 0 saturated carbocycles. The molecule has 0 radical (unpaired) electrons. The predicted octanol–water partition coefficient (Wildman–Crippen LogP) is 0.946. The van der Waals surface area contributed by atoms with Crippen LogP contribution in [-0.4, -0.2) is 25.7 Å². The third-order valence-corrected chi connectivity index (χ3v) is 2.50. The highest BCUT2D eigenvalue weighted by Crippen LogP contribution is 2.31. The lowest BCUT2D eigenvalue weighted by molar-refractivity contribution is 0.148. The first-order valence-electron chi connectivity index (χ1n) is 4.38. The van der Waals surface area contributed by atoms with Crippen molar-refractivity contribution in [3.05, 3.63) is 35.9 Å². The molecule has 0 spiro atoms. The average Bonchev–Trinajstić information content (AvgIpc) is 2.97. The summed E-state index contributed by atoms with van der Waals surface area (Å²) in [6.45, 7) is 0.440. The number of rotatable bonds is 4. The van der Waals surface area contributed by atoms with Gasteiger partial charge in [-0.3, -0.25) is 4.55 Å². The van der Waals surface area contributed by atoms with Crippen molar-refractivity contribution < 1.29 is 21.9 Å². The van der Waals surface area contributed by atoms with Gasteiger partial charge in [0.25, 0.3) is 0 Å². The Balaban J connectivity index is 2.21. The van der Waals surface area contributed by atoms with Crippen molar-refractivity contribution in [2.24, 2.45) is 0 Å². The van der Waals surface area contributed by atoms with E-state index in [-0.39, 0.29) is 6.10 Å². The monoisotopic (exact) mass is 230 g/mol. The largest absolute Gasteiger partial charge is 0.398 e. The Hall–Kier alpha value is -0.950. The summed E-state index contributed by atoms with van der Waals surface area (Å²) in [4.78, 5) is 0. The second-order valence-corrected chi connectivity index (χ2v) is 4.27. The molecule has 0 unspecified atom stereocenters. The van der Waals surface area contributed by atoms with E-state index in [1.807, 2.05) is 6.07 Å². The minimum Gasteiger partial charge on any atom is -0.370 e. The van der Waals surface area contributed by atoms with Gasteiger partial charge < -0.3 is 4.74 Å².